The monoisotopic (exact) mass is 274 g/mol. The molecule has 4 heteroatoms. The number of carboxylic acids is 1. The number of aromatic nitrogens is 1. The van der Waals surface area contributed by atoms with Gasteiger partial charge in [0.1, 0.15) is 6.07 Å². The highest BCUT2D eigenvalue weighted by atomic mass is 16.4. The number of carbonyl (C=O) groups is 1. The third-order valence-corrected chi connectivity index (χ3v) is 3.28. The van der Waals surface area contributed by atoms with Gasteiger partial charge >= 0.3 is 5.97 Å². The fourth-order valence-electron chi connectivity index (χ4n) is 2.10. The van der Waals surface area contributed by atoms with E-state index in [0.717, 1.165) is 37.8 Å². The first kappa shape index (κ1) is 16.2. The van der Waals surface area contributed by atoms with E-state index in [1.807, 2.05) is 12.1 Å². The molecule has 0 spiro atoms. The van der Waals surface area contributed by atoms with Crippen molar-refractivity contribution in [3.63, 3.8) is 0 Å². The summed E-state index contributed by atoms with van der Waals surface area (Å²) >= 11 is 0. The van der Waals surface area contributed by atoms with Gasteiger partial charge in [-0.25, -0.2) is 0 Å². The van der Waals surface area contributed by atoms with Crippen LogP contribution in [0.25, 0.3) is 0 Å². The minimum atomic E-state index is -0.695. The lowest BCUT2D eigenvalue weighted by molar-refractivity contribution is -0.137. The molecule has 0 atom stereocenters. The van der Waals surface area contributed by atoms with Crippen LogP contribution >= 0.6 is 0 Å². The lowest BCUT2D eigenvalue weighted by Gasteiger charge is -2.02. The van der Waals surface area contributed by atoms with Gasteiger partial charge in [0.2, 0.25) is 0 Å². The van der Waals surface area contributed by atoms with Gasteiger partial charge in [-0.05, 0) is 31.4 Å². The Morgan fingerprint density at radius 2 is 1.75 bits per heavy atom. The minimum absolute atomic E-state index is 0.296. The molecule has 0 aliphatic heterocycles. The van der Waals surface area contributed by atoms with E-state index in [1.54, 1.807) is 6.20 Å². The van der Waals surface area contributed by atoms with E-state index in [2.05, 4.69) is 11.1 Å². The average Bonchev–Trinajstić information content (AvgIpc) is 2.46. The fourth-order valence-corrected chi connectivity index (χ4v) is 2.10. The number of pyridine rings is 1. The Hall–Kier alpha value is -1.89. The second-order valence-electron chi connectivity index (χ2n) is 5.02. The Morgan fingerprint density at radius 3 is 2.30 bits per heavy atom. The van der Waals surface area contributed by atoms with Crippen LogP contribution in [0.3, 0.4) is 0 Å². The smallest absolute Gasteiger partial charge is 0.303 e. The molecule has 1 aromatic rings. The van der Waals surface area contributed by atoms with Gasteiger partial charge in [-0.3, -0.25) is 9.78 Å². The Bertz CT molecular complexity index is 435. The number of hydrogen-bond donors (Lipinski definition) is 1. The van der Waals surface area contributed by atoms with Gasteiger partial charge in [-0.1, -0.05) is 32.1 Å². The maximum atomic E-state index is 10.3. The molecule has 0 radical (unpaired) electrons. The van der Waals surface area contributed by atoms with Gasteiger partial charge in [-0.15, -0.1) is 0 Å². The molecule has 4 nitrogen and oxygen atoms in total. The van der Waals surface area contributed by atoms with Crippen molar-refractivity contribution in [2.45, 2.75) is 57.8 Å². The number of aliphatic carboxylic acids is 1. The largest absolute Gasteiger partial charge is 0.481 e. The van der Waals surface area contributed by atoms with Crippen molar-refractivity contribution in [3.05, 3.63) is 29.6 Å². The predicted octanol–water partition coefficient (Wildman–Crippen LogP) is 3.70. The molecule has 0 unspecified atom stereocenters. The SMILES string of the molecule is N#Cc1ccc(CCCCCCCCCC(=O)O)nc1. The Labute approximate surface area is 120 Å². The molecule has 0 saturated carbocycles. The number of hydrogen-bond acceptors (Lipinski definition) is 3. The molecule has 1 aromatic heterocycles. The molecular weight excluding hydrogens is 252 g/mol. The van der Waals surface area contributed by atoms with Gasteiger partial charge in [-0.2, -0.15) is 5.26 Å². The Morgan fingerprint density at radius 1 is 1.10 bits per heavy atom. The molecule has 1 rings (SSSR count). The summed E-state index contributed by atoms with van der Waals surface area (Å²) in [5, 5.41) is 17.2. The van der Waals surface area contributed by atoms with Crippen LogP contribution < -0.4 is 0 Å². The molecule has 1 heterocycles. The van der Waals surface area contributed by atoms with Crippen molar-refractivity contribution in [2.24, 2.45) is 0 Å². The molecular formula is C16H22N2O2. The third kappa shape index (κ3) is 7.52. The summed E-state index contributed by atoms with van der Waals surface area (Å²) in [5.41, 5.74) is 1.65. The minimum Gasteiger partial charge on any atom is -0.481 e. The van der Waals surface area contributed by atoms with E-state index in [0.29, 0.717) is 12.0 Å². The van der Waals surface area contributed by atoms with Gasteiger partial charge in [0.15, 0.2) is 0 Å². The Balaban J connectivity index is 1.96. The highest BCUT2D eigenvalue weighted by Crippen LogP contribution is 2.10. The van der Waals surface area contributed by atoms with Crippen molar-refractivity contribution in [1.29, 1.82) is 5.26 Å². The summed E-state index contributed by atoms with van der Waals surface area (Å²) in [6.07, 6.45) is 10.5. The zero-order valence-electron chi connectivity index (χ0n) is 11.8. The summed E-state index contributed by atoms with van der Waals surface area (Å²) in [4.78, 5) is 14.6. The topological polar surface area (TPSA) is 74.0 Å². The van der Waals surface area contributed by atoms with E-state index in [1.165, 1.54) is 19.3 Å². The number of nitriles is 1. The molecule has 0 aliphatic carbocycles. The summed E-state index contributed by atoms with van der Waals surface area (Å²) in [6, 6.07) is 5.79. The first-order valence-corrected chi connectivity index (χ1v) is 7.29. The molecule has 0 amide bonds. The quantitative estimate of drug-likeness (QED) is 0.660. The first-order chi connectivity index (χ1) is 9.72. The van der Waals surface area contributed by atoms with Crippen molar-refractivity contribution >= 4 is 5.97 Å². The van der Waals surface area contributed by atoms with Crippen LogP contribution in [-0.4, -0.2) is 16.1 Å². The summed E-state index contributed by atoms with van der Waals surface area (Å²) in [7, 11) is 0. The standard InChI is InChI=1S/C16H22N2O2/c17-12-14-10-11-15(18-13-14)8-6-4-2-1-3-5-7-9-16(19)20/h10-11,13H,1-9H2,(H,19,20). The normalized spacial score (nSPS) is 10.2. The molecule has 0 aliphatic rings. The van der Waals surface area contributed by atoms with Crippen molar-refractivity contribution < 1.29 is 9.90 Å². The van der Waals surface area contributed by atoms with Crippen LogP contribution in [0.4, 0.5) is 0 Å². The van der Waals surface area contributed by atoms with Crippen molar-refractivity contribution in [3.8, 4) is 6.07 Å². The highest BCUT2D eigenvalue weighted by molar-refractivity contribution is 5.66. The van der Waals surface area contributed by atoms with E-state index in [9.17, 15) is 4.79 Å². The summed E-state index contributed by atoms with van der Waals surface area (Å²) in [6.45, 7) is 0. The van der Waals surface area contributed by atoms with Crippen LogP contribution in [0.5, 0.6) is 0 Å². The van der Waals surface area contributed by atoms with Crippen LogP contribution in [0.1, 0.15) is 62.6 Å². The third-order valence-electron chi connectivity index (χ3n) is 3.28. The number of rotatable bonds is 10. The molecule has 0 aromatic carbocycles. The lowest BCUT2D eigenvalue weighted by Crippen LogP contribution is -1.93. The summed E-state index contributed by atoms with van der Waals surface area (Å²) in [5.74, 6) is -0.695. The molecule has 1 N–H and O–H groups in total. The number of aryl methyl sites for hydroxylation is 1. The van der Waals surface area contributed by atoms with Gasteiger partial charge < -0.3 is 5.11 Å². The number of carboxylic acid groups (broad SMARTS) is 1. The molecule has 0 bridgehead atoms. The average molecular weight is 274 g/mol. The summed E-state index contributed by atoms with van der Waals surface area (Å²) < 4.78 is 0. The van der Waals surface area contributed by atoms with E-state index in [-0.39, 0.29) is 0 Å². The van der Waals surface area contributed by atoms with E-state index < -0.39 is 5.97 Å². The van der Waals surface area contributed by atoms with Gasteiger partial charge in [0.25, 0.3) is 0 Å². The highest BCUT2D eigenvalue weighted by Gasteiger charge is 1.98. The van der Waals surface area contributed by atoms with Crippen LogP contribution in [0.15, 0.2) is 18.3 Å². The second-order valence-corrected chi connectivity index (χ2v) is 5.02. The van der Waals surface area contributed by atoms with E-state index in [4.69, 9.17) is 10.4 Å². The predicted molar refractivity (Wildman–Crippen MR) is 77.2 cm³/mol. The number of nitrogens with zero attached hydrogens (tertiary/aromatic N) is 2. The fraction of sp³-hybridized carbons (Fsp3) is 0.562. The lowest BCUT2D eigenvalue weighted by atomic mass is 10.1. The Kier molecular flexibility index (Phi) is 8.05. The van der Waals surface area contributed by atoms with Crippen molar-refractivity contribution in [2.75, 3.05) is 0 Å². The zero-order chi connectivity index (χ0) is 14.6. The maximum Gasteiger partial charge on any atom is 0.303 e. The number of unbranched alkanes of at least 4 members (excludes halogenated alkanes) is 6. The molecule has 20 heavy (non-hydrogen) atoms. The zero-order valence-corrected chi connectivity index (χ0v) is 11.8. The van der Waals surface area contributed by atoms with Gasteiger partial charge in [0.05, 0.1) is 5.56 Å². The first-order valence-electron chi connectivity index (χ1n) is 7.29. The van der Waals surface area contributed by atoms with Crippen LogP contribution in [0, 0.1) is 11.3 Å². The van der Waals surface area contributed by atoms with Crippen molar-refractivity contribution in [1.82, 2.24) is 4.98 Å². The molecule has 0 saturated heterocycles. The van der Waals surface area contributed by atoms with Crippen LogP contribution in [-0.2, 0) is 11.2 Å². The second kappa shape index (κ2) is 9.96. The van der Waals surface area contributed by atoms with Crippen LogP contribution in [0.2, 0.25) is 0 Å². The maximum absolute atomic E-state index is 10.3. The van der Waals surface area contributed by atoms with E-state index >= 15 is 0 Å². The molecule has 108 valence electrons. The van der Waals surface area contributed by atoms with Gasteiger partial charge in [0, 0.05) is 18.3 Å². The molecule has 0 fully saturated rings.